The number of rotatable bonds is 6. The van der Waals surface area contributed by atoms with Crippen LogP contribution in [0.25, 0.3) is 22.0 Å². The van der Waals surface area contributed by atoms with E-state index in [-0.39, 0.29) is 17.9 Å². The number of benzene rings is 3. The molecule has 0 fully saturated rings. The minimum absolute atomic E-state index is 0.183. The van der Waals surface area contributed by atoms with Gasteiger partial charge in [0.05, 0.1) is 14.9 Å². The maximum absolute atomic E-state index is 12.9. The van der Waals surface area contributed by atoms with Crippen molar-refractivity contribution < 1.29 is 4.79 Å². The van der Waals surface area contributed by atoms with Gasteiger partial charge in [0.15, 0.2) is 0 Å². The summed E-state index contributed by atoms with van der Waals surface area (Å²) < 4.78 is 0. The van der Waals surface area contributed by atoms with E-state index in [1.807, 2.05) is 36.4 Å². The number of nitrogens with one attached hydrogen (secondary N) is 2. The number of amides is 1. The van der Waals surface area contributed by atoms with Crippen molar-refractivity contribution in [3.63, 3.8) is 0 Å². The lowest BCUT2D eigenvalue weighted by atomic mass is 10.0. The summed E-state index contributed by atoms with van der Waals surface area (Å²) in [5, 5.41) is 5.02. The summed E-state index contributed by atoms with van der Waals surface area (Å²) in [6.07, 6.45) is 0.214. The van der Waals surface area contributed by atoms with Crippen LogP contribution in [0.5, 0.6) is 0 Å². The summed E-state index contributed by atoms with van der Waals surface area (Å²) in [4.78, 5) is 28.8. The molecule has 0 saturated heterocycles. The monoisotopic (exact) mass is 502 g/mol. The number of halogens is 3. The van der Waals surface area contributed by atoms with E-state index in [0.717, 1.165) is 16.5 Å². The number of H-pyrrole nitrogens is 1. The highest BCUT2D eigenvalue weighted by Gasteiger charge is 2.16. The maximum atomic E-state index is 12.9. The predicted octanol–water partition coefficient (Wildman–Crippen LogP) is 7.28. The van der Waals surface area contributed by atoms with E-state index in [2.05, 4.69) is 10.3 Å². The van der Waals surface area contributed by atoms with Crippen molar-refractivity contribution in [2.75, 3.05) is 11.1 Å². The van der Waals surface area contributed by atoms with E-state index in [0.29, 0.717) is 36.9 Å². The molecule has 32 heavy (non-hydrogen) atoms. The number of aromatic amines is 1. The van der Waals surface area contributed by atoms with Crippen LogP contribution in [-0.2, 0) is 4.79 Å². The largest absolute Gasteiger partial charge is 0.326 e. The molecular formula is C24H17Cl3N2O2S. The Hall–Kier alpha value is -2.44. The number of pyridine rings is 1. The fourth-order valence-corrected chi connectivity index (χ4v) is 4.84. The Morgan fingerprint density at radius 3 is 2.47 bits per heavy atom. The van der Waals surface area contributed by atoms with E-state index in [1.54, 1.807) is 30.3 Å². The molecule has 1 amide bonds. The summed E-state index contributed by atoms with van der Waals surface area (Å²) >= 11 is 19.5. The zero-order valence-corrected chi connectivity index (χ0v) is 19.7. The Morgan fingerprint density at radius 2 is 1.72 bits per heavy atom. The number of hydrogen-bond donors (Lipinski definition) is 2. The van der Waals surface area contributed by atoms with Gasteiger partial charge in [-0.2, -0.15) is 0 Å². The molecular weight excluding hydrogens is 487 g/mol. The van der Waals surface area contributed by atoms with E-state index in [1.165, 1.54) is 11.8 Å². The minimum atomic E-state index is -0.200. The number of aromatic nitrogens is 1. The average Bonchev–Trinajstić information content (AvgIpc) is 2.77. The van der Waals surface area contributed by atoms with Crippen LogP contribution >= 0.6 is 46.6 Å². The Kier molecular flexibility index (Phi) is 7.11. The quantitative estimate of drug-likeness (QED) is 0.272. The molecule has 2 N–H and O–H groups in total. The molecule has 0 aliphatic carbocycles. The summed E-state index contributed by atoms with van der Waals surface area (Å²) in [6.45, 7) is 0. The molecule has 0 bridgehead atoms. The van der Waals surface area contributed by atoms with Gasteiger partial charge < -0.3 is 10.3 Å². The van der Waals surface area contributed by atoms with Gasteiger partial charge in [-0.15, -0.1) is 11.8 Å². The zero-order valence-electron chi connectivity index (χ0n) is 16.6. The zero-order chi connectivity index (χ0) is 22.7. The normalized spacial score (nSPS) is 11.0. The van der Waals surface area contributed by atoms with Crippen molar-refractivity contribution in [3.8, 4) is 11.1 Å². The third-order valence-electron chi connectivity index (χ3n) is 4.77. The summed E-state index contributed by atoms with van der Waals surface area (Å²) in [6, 6.07) is 20.0. The van der Waals surface area contributed by atoms with Gasteiger partial charge in [0.2, 0.25) is 5.91 Å². The molecule has 0 spiro atoms. The first-order valence-electron chi connectivity index (χ1n) is 9.71. The molecule has 4 rings (SSSR count). The Bertz CT molecular complexity index is 1360. The molecule has 162 valence electrons. The molecule has 1 aromatic heterocycles. The van der Waals surface area contributed by atoms with Gasteiger partial charge in [-0.3, -0.25) is 9.59 Å². The van der Waals surface area contributed by atoms with Gasteiger partial charge in [-0.25, -0.2) is 0 Å². The van der Waals surface area contributed by atoms with Crippen LogP contribution in [0.2, 0.25) is 15.1 Å². The first kappa shape index (κ1) is 22.7. The molecule has 0 aliphatic rings. The van der Waals surface area contributed by atoms with Crippen LogP contribution in [0, 0.1) is 0 Å². The van der Waals surface area contributed by atoms with Crippen LogP contribution < -0.4 is 10.9 Å². The summed E-state index contributed by atoms with van der Waals surface area (Å²) in [5.74, 6) is 0.236. The molecule has 0 atom stereocenters. The Labute approximate surface area is 203 Å². The van der Waals surface area contributed by atoms with Gasteiger partial charge in [0.25, 0.3) is 5.56 Å². The number of fused-ring (bicyclic) bond motifs is 1. The second kappa shape index (κ2) is 10.0. The molecule has 4 nitrogen and oxygen atoms in total. The van der Waals surface area contributed by atoms with Crippen LogP contribution in [0.4, 0.5) is 5.69 Å². The predicted molar refractivity (Wildman–Crippen MR) is 135 cm³/mol. The molecule has 3 aromatic carbocycles. The summed E-state index contributed by atoms with van der Waals surface area (Å²) in [5.41, 5.74) is 2.79. The topological polar surface area (TPSA) is 62.0 Å². The molecule has 1 heterocycles. The van der Waals surface area contributed by atoms with Gasteiger partial charge in [0.1, 0.15) is 0 Å². The molecule has 4 aromatic rings. The number of thioether (sulfide) groups is 1. The number of carbonyl (C=O) groups is 1. The number of anilines is 1. The Balaban J connectivity index is 1.58. The van der Waals surface area contributed by atoms with Crippen molar-refractivity contribution in [3.05, 3.63) is 92.2 Å². The van der Waals surface area contributed by atoms with E-state index < -0.39 is 0 Å². The third kappa shape index (κ3) is 5.13. The lowest BCUT2D eigenvalue weighted by Crippen LogP contribution is -2.14. The fraction of sp³-hybridized carbons (Fsp3) is 0.0833. The van der Waals surface area contributed by atoms with Crippen molar-refractivity contribution in [2.45, 2.75) is 11.3 Å². The number of hydrogen-bond acceptors (Lipinski definition) is 3. The average molecular weight is 504 g/mol. The van der Waals surface area contributed by atoms with Crippen molar-refractivity contribution in [1.29, 1.82) is 0 Å². The van der Waals surface area contributed by atoms with E-state index in [9.17, 15) is 9.59 Å². The fourth-order valence-electron chi connectivity index (χ4n) is 3.32. The number of carbonyl (C=O) groups excluding carboxylic acids is 1. The van der Waals surface area contributed by atoms with Crippen molar-refractivity contribution in [1.82, 2.24) is 4.98 Å². The van der Waals surface area contributed by atoms with Gasteiger partial charge in [-0.05, 0) is 42.0 Å². The third-order valence-corrected chi connectivity index (χ3v) is 6.83. The molecule has 0 aliphatic heterocycles. The second-order valence-corrected chi connectivity index (χ2v) is 9.35. The van der Waals surface area contributed by atoms with Crippen LogP contribution in [0.3, 0.4) is 0 Å². The highest BCUT2D eigenvalue weighted by molar-refractivity contribution is 7.99. The first-order valence-corrected chi connectivity index (χ1v) is 11.8. The standard InChI is InChI=1S/C24H17Cl3N2O2S/c25-15-6-9-20-17(12-15)22(14-4-2-1-3-5-14)23(24(31)29-20)32-11-10-21(30)28-16-7-8-18(26)19(27)13-16/h1-9,12-13H,10-11H2,(H,28,30)(H,29,31). The van der Waals surface area contributed by atoms with Gasteiger partial charge in [0, 0.05) is 39.4 Å². The van der Waals surface area contributed by atoms with Crippen LogP contribution in [-0.4, -0.2) is 16.6 Å². The lowest BCUT2D eigenvalue weighted by Gasteiger charge is -2.13. The maximum Gasteiger partial charge on any atom is 0.262 e. The highest BCUT2D eigenvalue weighted by atomic mass is 35.5. The van der Waals surface area contributed by atoms with Crippen molar-refractivity contribution in [2.24, 2.45) is 0 Å². The lowest BCUT2D eigenvalue weighted by molar-refractivity contribution is -0.115. The van der Waals surface area contributed by atoms with Crippen LogP contribution in [0.1, 0.15) is 6.42 Å². The first-order chi connectivity index (χ1) is 15.4. The van der Waals surface area contributed by atoms with Gasteiger partial charge >= 0.3 is 0 Å². The SMILES string of the molecule is O=C(CCSc1c(-c2ccccc2)c2cc(Cl)ccc2[nH]c1=O)Nc1ccc(Cl)c(Cl)c1. The molecule has 0 radical (unpaired) electrons. The van der Waals surface area contributed by atoms with E-state index in [4.69, 9.17) is 34.8 Å². The minimum Gasteiger partial charge on any atom is -0.326 e. The van der Waals surface area contributed by atoms with Crippen LogP contribution in [0.15, 0.2) is 76.4 Å². The molecule has 0 saturated carbocycles. The summed E-state index contributed by atoms with van der Waals surface area (Å²) in [7, 11) is 0. The molecule has 0 unspecified atom stereocenters. The van der Waals surface area contributed by atoms with Crippen molar-refractivity contribution >= 4 is 69.1 Å². The Morgan fingerprint density at radius 1 is 0.938 bits per heavy atom. The molecule has 8 heteroatoms. The second-order valence-electron chi connectivity index (χ2n) is 6.99. The highest BCUT2D eigenvalue weighted by Crippen LogP contribution is 2.36. The smallest absolute Gasteiger partial charge is 0.262 e. The van der Waals surface area contributed by atoms with Gasteiger partial charge in [-0.1, -0.05) is 65.1 Å². The van der Waals surface area contributed by atoms with E-state index >= 15 is 0 Å².